The number of Topliss-reactive ketones (excluding diaryl/α,β-unsaturated/α-hetero) is 1. The Balaban J connectivity index is 1.45. The quantitative estimate of drug-likeness (QED) is 0.219. The smallest absolute Gasteiger partial charge is 0.309 e. The molecule has 4 saturated carbocycles. The van der Waals surface area contributed by atoms with Gasteiger partial charge < -0.3 is 19.8 Å². The van der Waals surface area contributed by atoms with Crippen molar-refractivity contribution in [3.05, 3.63) is 11.1 Å². The third-order valence-corrected chi connectivity index (χ3v) is 16.0. The van der Waals surface area contributed by atoms with E-state index >= 15 is 0 Å². The molecule has 0 bridgehead atoms. The Morgan fingerprint density at radius 3 is 2.14 bits per heavy atom. The van der Waals surface area contributed by atoms with Gasteiger partial charge >= 0.3 is 11.9 Å². The van der Waals surface area contributed by atoms with Crippen LogP contribution in [0.1, 0.15) is 147 Å². The number of carbonyl (C=O) groups excluding carboxylic acids is 3. The molecular formula is C43H69NO7. The number of allylic oxidation sites excluding steroid dienone is 1. The maximum Gasteiger partial charge on any atom is 0.309 e. The first kappa shape index (κ1) is 40.0. The highest BCUT2D eigenvalue weighted by Crippen LogP contribution is 2.77. The van der Waals surface area contributed by atoms with Crippen LogP contribution < -0.4 is 0 Å². The van der Waals surface area contributed by atoms with Crippen molar-refractivity contribution in [1.29, 1.82) is 0 Å². The third-order valence-electron chi connectivity index (χ3n) is 16.0. The first-order valence-corrected chi connectivity index (χ1v) is 20.0. The normalized spacial score (nSPS) is 38.1. The number of carbonyl (C=O) groups is 4. The molecule has 0 spiro atoms. The number of nitrogens with zero attached hydrogens (tertiary/aromatic N) is 1. The van der Waals surface area contributed by atoms with Gasteiger partial charge in [0.1, 0.15) is 6.10 Å². The zero-order chi connectivity index (χ0) is 38.3. The van der Waals surface area contributed by atoms with Crippen molar-refractivity contribution in [2.45, 2.75) is 159 Å². The van der Waals surface area contributed by atoms with Gasteiger partial charge in [0, 0.05) is 37.3 Å². The summed E-state index contributed by atoms with van der Waals surface area (Å²) >= 11 is 0. The molecule has 5 rings (SSSR count). The van der Waals surface area contributed by atoms with E-state index in [4.69, 9.17) is 4.74 Å². The molecule has 0 heterocycles. The van der Waals surface area contributed by atoms with E-state index in [0.29, 0.717) is 24.7 Å². The number of amides is 1. The summed E-state index contributed by atoms with van der Waals surface area (Å²) < 4.78 is 6.15. The fourth-order valence-corrected chi connectivity index (χ4v) is 13.0. The second-order valence-electron chi connectivity index (χ2n) is 20.4. The van der Waals surface area contributed by atoms with Crippen LogP contribution in [0, 0.1) is 62.1 Å². The number of rotatable bonds is 10. The van der Waals surface area contributed by atoms with Crippen molar-refractivity contribution in [3.8, 4) is 0 Å². The van der Waals surface area contributed by atoms with Crippen LogP contribution in [0.2, 0.25) is 0 Å². The average Bonchev–Trinajstić information content (AvgIpc) is 3.31. The summed E-state index contributed by atoms with van der Waals surface area (Å²) in [5, 5.41) is 21.8. The molecule has 288 valence electrons. The molecule has 0 aromatic heterocycles. The van der Waals surface area contributed by atoms with Gasteiger partial charge in [0.2, 0.25) is 5.91 Å². The number of fused-ring (bicyclic) bond motifs is 7. The molecule has 51 heavy (non-hydrogen) atoms. The molecule has 4 fully saturated rings. The van der Waals surface area contributed by atoms with Crippen LogP contribution in [0.3, 0.4) is 0 Å². The number of aliphatic hydroxyl groups excluding tert-OH is 1. The lowest BCUT2D eigenvalue weighted by atomic mass is 9.33. The number of carboxylic acids is 1. The molecule has 1 amide bonds. The Labute approximate surface area is 307 Å². The molecule has 0 aromatic carbocycles. The lowest BCUT2D eigenvalue weighted by molar-refractivity contribution is -0.235. The highest BCUT2D eigenvalue weighted by atomic mass is 16.5. The second kappa shape index (κ2) is 13.3. The Morgan fingerprint density at radius 2 is 1.55 bits per heavy atom. The molecule has 8 heteroatoms. The number of likely N-dealkylation sites (N-methyl/N-ethyl adjacent to an activating group) is 1. The molecule has 0 unspecified atom stereocenters. The lowest BCUT2D eigenvalue weighted by Gasteiger charge is -2.72. The summed E-state index contributed by atoms with van der Waals surface area (Å²) in [5.41, 5.74) is 0.119. The summed E-state index contributed by atoms with van der Waals surface area (Å²) in [7, 11) is 1.79. The molecule has 0 aromatic rings. The molecule has 2 N–H and O–H groups in total. The van der Waals surface area contributed by atoms with E-state index < -0.39 is 28.9 Å². The van der Waals surface area contributed by atoms with Gasteiger partial charge in [-0.3, -0.25) is 19.2 Å². The van der Waals surface area contributed by atoms with E-state index in [0.717, 1.165) is 56.9 Å². The van der Waals surface area contributed by atoms with Crippen LogP contribution in [0.15, 0.2) is 11.1 Å². The van der Waals surface area contributed by atoms with Crippen molar-refractivity contribution in [2.75, 3.05) is 13.6 Å². The predicted octanol–water partition coefficient (Wildman–Crippen LogP) is 8.25. The minimum absolute atomic E-state index is 0.0220. The topological polar surface area (TPSA) is 121 Å². The van der Waals surface area contributed by atoms with Crippen LogP contribution in [-0.4, -0.2) is 64.5 Å². The zero-order valence-corrected chi connectivity index (χ0v) is 33.9. The average molecular weight is 712 g/mol. The van der Waals surface area contributed by atoms with E-state index in [9.17, 15) is 29.4 Å². The van der Waals surface area contributed by atoms with E-state index in [-0.39, 0.29) is 70.2 Å². The van der Waals surface area contributed by atoms with Gasteiger partial charge in [0.25, 0.3) is 0 Å². The molecule has 5 aliphatic carbocycles. The van der Waals surface area contributed by atoms with Gasteiger partial charge in [-0.15, -0.1) is 0 Å². The first-order chi connectivity index (χ1) is 23.4. The zero-order valence-electron chi connectivity index (χ0n) is 33.9. The van der Waals surface area contributed by atoms with E-state index in [1.54, 1.807) is 25.8 Å². The summed E-state index contributed by atoms with van der Waals surface area (Å²) in [4.78, 5) is 53.5. The number of carboxylic acid groups (broad SMARTS) is 1. The number of esters is 1. The van der Waals surface area contributed by atoms with Crippen molar-refractivity contribution in [3.63, 3.8) is 0 Å². The third kappa shape index (κ3) is 6.23. The molecular weight excluding hydrogens is 642 g/mol. The minimum atomic E-state index is -1.17. The SMILES string of the molecule is CC(C)CC(=O)N(C)C[C@H](O)[C@@]12CC[C@]3(C)[C@H](CC[C@@H]4[C@@]5(C)CC[C@H](OC(=O)CC(C)(C)C(=O)O)C(C)(C)[C@@H]5CC[C@]43C)C1=C(C(C)C)C(=O)C2. The second-order valence-corrected chi connectivity index (χ2v) is 20.4. The highest BCUT2D eigenvalue weighted by Gasteiger charge is 2.71. The Bertz CT molecular complexity index is 1460. The fraction of sp³-hybridized carbons (Fsp3) is 0.860. The van der Waals surface area contributed by atoms with Gasteiger partial charge in [-0.2, -0.15) is 0 Å². The number of aliphatic carboxylic acids is 1. The van der Waals surface area contributed by atoms with Crippen molar-refractivity contribution < 1.29 is 34.1 Å². The number of hydrogen-bond donors (Lipinski definition) is 2. The number of ether oxygens (including phenoxy) is 1. The minimum Gasteiger partial charge on any atom is -0.481 e. The van der Waals surface area contributed by atoms with Gasteiger partial charge in [-0.1, -0.05) is 67.9 Å². The Morgan fingerprint density at radius 1 is 0.902 bits per heavy atom. The Hall–Kier alpha value is -2.22. The molecule has 0 radical (unpaired) electrons. The maximum absolute atomic E-state index is 14.0. The molecule has 5 aliphatic rings. The molecule has 0 saturated heterocycles. The molecule has 8 nitrogen and oxygen atoms in total. The summed E-state index contributed by atoms with van der Waals surface area (Å²) in [6.07, 6.45) is 7.13. The van der Waals surface area contributed by atoms with Crippen LogP contribution >= 0.6 is 0 Å². The van der Waals surface area contributed by atoms with Crippen molar-refractivity contribution >= 4 is 23.6 Å². The number of hydrogen-bond acceptors (Lipinski definition) is 6. The van der Waals surface area contributed by atoms with Gasteiger partial charge in [-0.25, -0.2) is 0 Å². The standard InChI is InChI=1S/C43H69NO7/c1-25(2)21-33(47)44(12)24-31(46)43-20-19-41(10)27(36(43)35(26(3)4)28(45)22-43)13-14-30-40(9)17-16-32(51-34(48)23-38(5,6)37(49)50)39(7,8)29(40)15-18-42(30,41)11/h25-27,29-32,46H,13-24H2,1-12H3,(H,49,50)/t27-,29+,30-,31+,32+,40+,41-,42-,43+/m1/s1. The summed E-state index contributed by atoms with van der Waals surface area (Å²) in [5.74, 6) is 0.116. The van der Waals surface area contributed by atoms with Crippen LogP contribution in [0.4, 0.5) is 0 Å². The highest BCUT2D eigenvalue weighted by molar-refractivity contribution is 6.00. The summed E-state index contributed by atoms with van der Waals surface area (Å²) in [6.45, 7) is 23.8. The van der Waals surface area contributed by atoms with Crippen molar-refractivity contribution in [1.82, 2.24) is 4.90 Å². The lowest BCUT2D eigenvalue weighted by Crippen LogP contribution is -2.66. The van der Waals surface area contributed by atoms with Gasteiger partial charge in [-0.05, 0) is 117 Å². The van der Waals surface area contributed by atoms with E-state index in [1.807, 2.05) is 13.8 Å². The Kier molecular flexibility index (Phi) is 10.4. The van der Waals surface area contributed by atoms with Gasteiger partial charge in [0.05, 0.1) is 17.9 Å². The fourth-order valence-electron chi connectivity index (χ4n) is 13.0. The molecule has 9 atom stereocenters. The van der Waals surface area contributed by atoms with Gasteiger partial charge in [0.15, 0.2) is 5.78 Å². The predicted molar refractivity (Wildman–Crippen MR) is 198 cm³/mol. The van der Waals surface area contributed by atoms with Crippen LogP contribution in [-0.2, 0) is 23.9 Å². The maximum atomic E-state index is 14.0. The van der Waals surface area contributed by atoms with E-state index in [1.165, 1.54) is 5.57 Å². The number of ketones is 1. The monoisotopic (exact) mass is 712 g/mol. The first-order valence-electron chi connectivity index (χ1n) is 20.0. The molecule has 0 aliphatic heterocycles. The number of aliphatic hydroxyl groups is 1. The van der Waals surface area contributed by atoms with E-state index in [2.05, 4.69) is 48.5 Å². The van der Waals surface area contributed by atoms with Crippen LogP contribution in [0.25, 0.3) is 0 Å². The van der Waals surface area contributed by atoms with Crippen molar-refractivity contribution in [2.24, 2.45) is 62.1 Å². The van der Waals surface area contributed by atoms with Crippen LogP contribution in [0.5, 0.6) is 0 Å². The largest absolute Gasteiger partial charge is 0.481 e. The summed E-state index contributed by atoms with van der Waals surface area (Å²) in [6, 6.07) is 0.